The molecule has 1 saturated heterocycles. The van der Waals surface area contributed by atoms with Gasteiger partial charge in [-0.15, -0.1) is 5.10 Å². The summed E-state index contributed by atoms with van der Waals surface area (Å²) in [5.74, 6) is 0.0187. The van der Waals surface area contributed by atoms with Crippen LogP contribution in [0.15, 0.2) is 12.3 Å². The van der Waals surface area contributed by atoms with Crippen LogP contribution in [0.4, 0.5) is 19.0 Å². The zero-order chi connectivity index (χ0) is 18.9. The number of nitrogens with one attached hydrogen (secondary N) is 1. The molecule has 3 heterocycles. The third-order valence-electron chi connectivity index (χ3n) is 4.10. The first-order chi connectivity index (χ1) is 12.2. The first-order valence-corrected chi connectivity index (χ1v) is 8.07. The van der Waals surface area contributed by atoms with Crippen LogP contribution in [-0.2, 0) is 13.2 Å². The summed E-state index contributed by atoms with van der Waals surface area (Å²) in [7, 11) is 1.67. The van der Waals surface area contributed by atoms with Gasteiger partial charge in [-0.1, -0.05) is 5.21 Å². The number of amides is 1. The van der Waals surface area contributed by atoms with Crippen molar-refractivity contribution in [3.63, 3.8) is 0 Å². The Morgan fingerprint density at radius 3 is 2.54 bits per heavy atom. The molecule has 8 nitrogen and oxygen atoms in total. The lowest BCUT2D eigenvalue weighted by Gasteiger charge is -2.33. The molecular formula is C15H18F3N7O. The molecule has 3 rings (SSSR count). The van der Waals surface area contributed by atoms with Gasteiger partial charge in [0.1, 0.15) is 17.3 Å². The fourth-order valence-corrected chi connectivity index (χ4v) is 2.82. The highest BCUT2D eigenvalue weighted by Gasteiger charge is 2.34. The van der Waals surface area contributed by atoms with Crippen LogP contribution in [0.2, 0.25) is 0 Å². The minimum absolute atomic E-state index is 0.0768. The van der Waals surface area contributed by atoms with Crippen LogP contribution in [0.25, 0.3) is 0 Å². The number of alkyl halides is 3. The van der Waals surface area contributed by atoms with Gasteiger partial charge in [-0.25, -0.2) is 9.97 Å². The van der Waals surface area contributed by atoms with E-state index in [-0.39, 0.29) is 29.3 Å². The van der Waals surface area contributed by atoms with Crippen molar-refractivity contribution in [2.45, 2.75) is 32.0 Å². The second-order valence-corrected chi connectivity index (χ2v) is 6.17. The molecule has 140 valence electrons. The predicted octanol–water partition coefficient (Wildman–Crippen LogP) is 1.33. The second-order valence-electron chi connectivity index (χ2n) is 6.17. The maximum Gasteiger partial charge on any atom is 0.433 e. The van der Waals surface area contributed by atoms with E-state index in [0.717, 1.165) is 6.07 Å². The highest BCUT2D eigenvalue weighted by Crippen LogP contribution is 2.30. The Labute approximate surface area is 147 Å². The molecule has 0 bridgehead atoms. The van der Waals surface area contributed by atoms with Crippen molar-refractivity contribution in [2.24, 2.45) is 7.05 Å². The van der Waals surface area contributed by atoms with E-state index in [1.165, 1.54) is 17.8 Å². The number of halogens is 3. The van der Waals surface area contributed by atoms with Crippen molar-refractivity contribution in [3.05, 3.63) is 29.5 Å². The van der Waals surface area contributed by atoms with E-state index < -0.39 is 11.9 Å². The Bertz CT molecular complexity index is 797. The van der Waals surface area contributed by atoms with E-state index in [0.29, 0.717) is 25.9 Å². The maximum absolute atomic E-state index is 12.9. The zero-order valence-electron chi connectivity index (χ0n) is 14.3. The fraction of sp³-hybridized carbons (Fsp3) is 0.533. The number of hydrogen-bond acceptors (Lipinski definition) is 6. The minimum Gasteiger partial charge on any atom is -0.356 e. The van der Waals surface area contributed by atoms with Crippen molar-refractivity contribution in [2.75, 3.05) is 18.0 Å². The Kier molecular flexibility index (Phi) is 4.79. The van der Waals surface area contributed by atoms with E-state index in [2.05, 4.69) is 25.6 Å². The van der Waals surface area contributed by atoms with Crippen LogP contribution in [0.5, 0.6) is 0 Å². The molecule has 0 aromatic carbocycles. The van der Waals surface area contributed by atoms with Crippen LogP contribution in [0.3, 0.4) is 0 Å². The number of aryl methyl sites for hydroxylation is 2. The van der Waals surface area contributed by atoms with Crippen molar-refractivity contribution in [3.8, 4) is 0 Å². The summed E-state index contributed by atoms with van der Waals surface area (Å²) >= 11 is 0. The Morgan fingerprint density at radius 2 is 1.96 bits per heavy atom. The van der Waals surface area contributed by atoms with Crippen LogP contribution in [-0.4, -0.2) is 50.0 Å². The molecule has 0 unspecified atom stereocenters. The molecule has 0 atom stereocenters. The molecule has 1 fully saturated rings. The van der Waals surface area contributed by atoms with Gasteiger partial charge in [-0.05, 0) is 19.8 Å². The molecule has 0 aliphatic carbocycles. The predicted molar refractivity (Wildman–Crippen MR) is 85.5 cm³/mol. The van der Waals surface area contributed by atoms with Gasteiger partial charge in [0.25, 0.3) is 5.91 Å². The quantitative estimate of drug-likeness (QED) is 0.878. The van der Waals surface area contributed by atoms with Crippen molar-refractivity contribution in [1.29, 1.82) is 0 Å². The number of anilines is 1. The van der Waals surface area contributed by atoms with Gasteiger partial charge in [0.2, 0.25) is 0 Å². The van der Waals surface area contributed by atoms with E-state index in [4.69, 9.17) is 0 Å². The molecular weight excluding hydrogens is 351 g/mol. The number of carbonyl (C=O) groups excluding carboxylic acids is 1. The molecule has 0 saturated carbocycles. The van der Waals surface area contributed by atoms with Gasteiger partial charge >= 0.3 is 6.18 Å². The van der Waals surface area contributed by atoms with E-state index in [9.17, 15) is 18.0 Å². The summed E-state index contributed by atoms with van der Waals surface area (Å²) in [6.07, 6.45) is -1.80. The molecule has 1 N–H and O–H groups in total. The summed E-state index contributed by atoms with van der Waals surface area (Å²) in [6.45, 7) is 2.41. The second kappa shape index (κ2) is 6.89. The lowest BCUT2D eigenvalue weighted by Crippen LogP contribution is -2.45. The lowest BCUT2D eigenvalue weighted by atomic mass is 10.0. The van der Waals surface area contributed by atoms with Gasteiger partial charge in [-0.3, -0.25) is 9.48 Å². The van der Waals surface area contributed by atoms with E-state index in [1.54, 1.807) is 11.9 Å². The molecule has 1 amide bonds. The molecule has 2 aromatic heterocycles. The largest absolute Gasteiger partial charge is 0.433 e. The topological polar surface area (TPSA) is 88.8 Å². The Hall–Kier alpha value is -2.72. The summed E-state index contributed by atoms with van der Waals surface area (Å²) in [4.78, 5) is 21.4. The van der Waals surface area contributed by atoms with E-state index in [1.807, 2.05) is 0 Å². The molecule has 26 heavy (non-hydrogen) atoms. The monoisotopic (exact) mass is 369 g/mol. The smallest absolute Gasteiger partial charge is 0.356 e. The van der Waals surface area contributed by atoms with Crippen LogP contribution in [0.1, 0.15) is 34.8 Å². The SMILES string of the molecule is Cc1nc(N2CCC(NC(=O)c3cn(C)nn3)CC2)cc(C(F)(F)F)n1. The summed E-state index contributed by atoms with van der Waals surface area (Å²) < 4.78 is 40.2. The van der Waals surface area contributed by atoms with Crippen LogP contribution < -0.4 is 10.2 Å². The van der Waals surface area contributed by atoms with Gasteiger partial charge in [-0.2, -0.15) is 13.2 Å². The zero-order valence-corrected chi connectivity index (χ0v) is 14.3. The minimum atomic E-state index is -4.51. The van der Waals surface area contributed by atoms with Crippen molar-refractivity contribution >= 4 is 11.7 Å². The summed E-state index contributed by atoms with van der Waals surface area (Å²) in [6, 6.07) is 0.886. The number of piperidine rings is 1. The lowest BCUT2D eigenvalue weighted by molar-refractivity contribution is -0.141. The highest BCUT2D eigenvalue weighted by atomic mass is 19.4. The fourth-order valence-electron chi connectivity index (χ4n) is 2.82. The number of aromatic nitrogens is 5. The first kappa shape index (κ1) is 18.1. The molecule has 1 aliphatic rings. The van der Waals surface area contributed by atoms with Crippen molar-refractivity contribution in [1.82, 2.24) is 30.3 Å². The van der Waals surface area contributed by atoms with Crippen molar-refractivity contribution < 1.29 is 18.0 Å². The Morgan fingerprint density at radius 1 is 1.27 bits per heavy atom. The summed E-state index contributed by atoms with van der Waals surface area (Å²) in [5, 5.41) is 10.3. The third-order valence-corrected chi connectivity index (χ3v) is 4.10. The molecule has 0 spiro atoms. The van der Waals surface area contributed by atoms with Gasteiger partial charge in [0.15, 0.2) is 5.69 Å². The Balaban J connectivity index is 1.62. The average Bonchev–Trinajstić information content (AvgIpc) is 3.01. The maximum atomic E-state index is 12.9. The third kappa shape index (κ3) is 4.09. The summed E-state index contributed by atoms with van der Waals surface area (Å²) in [5.41, 5.74) is -0.714. The highest BCUT2D eigenvalue weighted by molar-refractivity contribution is 5.92. The molecule has 1 aliphatic heterocycles. The first-order valence-electron chi connectivity index (χ1n) is 8.07. The molecule has 11 heteroatoms. The van der Waals surface area contributed by atoms with Gasteiger partial charge in [0.05, 0.1) is 6.20 Å². The van der Waals surface area contributed by atoms with Crippen LogP contribution in [0, 0.1) is 6.92 Å². The van der Waals surface area contributed by atoms with Crippen LogP contribution >= 0.6 is 0 Å². The average molecular weight is 369 g/mol. The number of carbonyl (C=O) groups is 1. The number of hydrogen-bond donors (Lipinski definition) is 1. The number of rotatable bonds is 3. The van der Waals surface area contributed by atoms with E-state index >= 15 is 0 Å². The standard InChI is InChI=1S/C15H18F3N7O/c1-9-19-12(15(16,17)18)7-13(20-9)25-5-3-10(4-6-25)21-14(26)11-8-24(2)23-22-11/h7-8,10H,3-6H2,1-2H3,(H,21,26). The molecule has 0 radical (unpaired) electrons. The van der Waals surface area contributed by atoms with Gasteiger partial charge in [0, 0.05) is 32.2 Å². The molecule has 2 aromatic rings. The van der Waals surface area contributed by atoms with Gasteiger partial charge < -0.3 is 10.2 Å². The normalized spacial score (nSPS) is 16.0. The number of nitrogens with zero attached hydrogens (tertiary/aromatic N) is 6.